The summed E-state index contributed by atoms with van der Waals surface area (Å²) in [6.07, 6.45) is 6.11. The molecule has 206 valence electrons. The van der Waals surface area contributed by atoms with E-state index in [-0.39, 0.29) is 17.1 Å². The smallest absolute Gasteiger partial charge is 0.290 e. The summed E-state index contributed by atoms with van der Waals surface area (Å²) in [5, 5.41) is 12.9. The molecule has 5 rings (SSSR count). The largest absolute Gasteiger partial charge is 0.389 e. The van der Waals surface area contributed by atoms with Crippen LogP contribution in [-0.4, -0.2) is 69.3 Å². The number of nitrogens with zero attached hydrogens (tertiary/aromatic N) is 4. The zero-order valence-corrected chi connectivity index (χ0v) is 23.1. The molecular formula is C30H31N5O4S. The van der Waals surface area contributed by atoms with Crippen molar-refractivity contribution < 1.29 is 19.5 Å². The average molecular weight is 558 g/mol. The minimum absolute atomic E-state index is 0.0595. The summed E-state index contributed by atoms with van der Waals surface area (Å²) in [6.45, 7) is 8.41. The van der Waals surface area contributed by atoms with Crippen molar-refractivity contribution in [3.8, 4) is 11.1 Å². The minimum atomic E-state index is -0.627. The molecule has 0 radical (unpaired) electrons. The highest BCUT2D eigenvalue weighted by Crippen LogP contribution is 2.31. The van der Waals surface area contributed by atoms with Crippen LogP contribution in [-0.2, 0) is 9.59 Å². The molecule has 0 saturated carbocycles. The summed E-state index contributed by atoms with van der Waals surface area (Å²) in [7, 11) is 0. The molecule has 2 saturated heterocycles. The van der Waals surface area contributed by atoms with Gasteiger partial charge in [-0.2, -0.15) is 0 Å². The number of aromatic nitrogens is 2. The Hall–Kier alpha value is -4.02. The van der Waals surface area contributed by atoms with Gasteiger partial charge in [0.1, 0.15) is 5.82 Å². The normalized spacial score (nSPS) is 17.4. The summed E-state index contributed by atoms with van der Waals surface area (Å²) in [6, 6.07) is 11.7. The molecule has 2 aromatic heterocycles. The maximum atomic E-state index is 12.6. The third-order valence-electron chi connectivity index (χ3n) is 7.28. The Labute approximate surface area is 237 Å². The molecule has 2 N–H and O–H groups in total. The van der Waals surface area contributed by atoms with E-state index in [9.17, 15) is 19.5 Å². The summed E-state index contributed by atoms with van der Waals surface area (Å²) >= 11 is 0.893. The Kier molecular flexibility index (Phi) is 8.27. The first-order chi connectivity index (χ1) is 19.3. The number of thioether (sulfide) groups is 1. The second kappa shape index (κ2) is 12.0. The van der Waals surface area contributed by atoms with Gasteiger partial charge in [-0.25, -0.2) is 4.98 Å². The maximum Gasteiger partial charge on any atom is 0.290 e. The van der Waals surface area contributed by atoms with E-state index in [0.717, 1.165) is 50.7 Å². The van der Waals surface area contributed by atoms with Crippen LogP contribution in [0.5, 0.6) is 0 Å². The van der Waals surface area contributed by atoms with Crippen molar-refractivity contribution >= 4 is 51.6 Å². The molecule has 1 atom stereocenters. The number of benzene rings is 1. The van der Waals surface area contributed by atoms with Crippen LogP contribution in [0.25, 0.3) is 28.1 Å². The number of imide groups is 1. The van der Waals surface area contributed by atoms with Crippen molar-refractivity contribution in [1.82, 2.24) is 20.2 Å². The zero-order chi connectivity index (χ0) is 28.2. The van der Waals surface area contributed by atoms with Crippen LogP contribution < -0.4 is 10.2 Å². The second-order valence-electron chi connectivity index (χ2n) is 9.83. The van der Waals surface area contributed by atoms with Crippen LogP contribution in [0.1, 0.15) is 31.7 Å². The van der Waals surface area contributed by atoms with Gasteiger partial charge in [0, 0.05) is 55.9 Å². The number of nitrogens with one attached hydrogen (secondary N) is 1. The highest BCUT2D eigenvalue weighted by Gasteiger charge is 2.25. The number of fused-ring (bicyclic) bond motifs is 1. The van der Waals surface area contributed by atoms with Gasteiger partial charge in [0.15, 0.2) is 0 Å². The van der Waals surface area contributed by atoms with Gasteiger partial charge >= 0.3 is 0 Å². The first kappa shape index (κ1) is 27.5. The summed E-state index contributed by atoms with van der Waals surface area (Å²) in [4.78, 5) is 49.7. The van der Waals surface area contributed by atoms with Crippen molar-refractivity contribution in [3.63, 3.8) is 0 Å². The number of carbonyl (C=O) groups is 3. The number of hydrogen-bond acceptors (Lipinski definition) is 8. The molecule has 9 nitrogen and oxygen atoms in total. The van der Waals surface area contributed by atoms with E-state index < -0.39 is 6.10 Å². The third-order valence-corrected chi connectivity index (χ3v) is 8.09. The lowest BCUT2D eigenvalue weighted by molar-refractivity contribution is -0.132. The summed E-state index contributed by atoms with van der Waals surface area (Å²) < 4.78 is 0. The van der Waals surface area contributed by atoms with Crippen LogP contribution in [0.3, 0.4) is 0 Å². The topological polar surface area (TPSA) is 116 Å². The van der Waals surface area contributed by atoms with E-state index in [2.05, 4.69) is 21.8 Å². The Morgan fingerprint density at radius 1 is 1.15 bits per heavy atom. The van der Waals surface area contributed by atoms with E-state index >= 15 is 0 Å². The number of amides is 3. The molecule has 3 amide bonds. The number of hydrogen-bond donors (Lipinski definition) is 2. The first-order valence-electron chi connectivity index (χ1n) is 13.3. The second-order valence-corrected chi connectivity index (χ2v) is 10.8. The monoisotopic (exact) mass is 557 g/mol. The molecule has 1 unspecified atom stereocenters. The Bertz CT molecular complexity index is 1500. The van der Waals surface area contributed by atoms with Crippen LogP contribution in [0.4, 0.5) is 10.6 Å². The van der Waals surface area contributed by atoms with Crippen LogP contribution in [0, 0.1) is 0 Å². The average Bonchev–Trinajstić information content (AvgIpc) is 3.30. The molecular weight excluding hydrogens is 526 g/mol. The molecule has 2 aliphatic heterocycles. The third kappa shape index (κ3) is 6.08. The van der Waals surface area contributed by atoms with Gasteiger partial charge in [-0.15, -0.1) is 0 Å². The van der Waals surface area contributed by atoms with E-state index in [0.29, 0.717) is 50.3 Å². The van der Waals surface area contributed by atoms with Gasteiger partial charge in [0.2, 0.25) is 5.91 Å². The number of carbonyl (C=O) groups excluding carboxylic acids is 3. The Morgan fingerprint density at radius 2 is 1.95 bits per heavy atom. The predicted molar refractivity (Wildman–Crippen MR) is 158 cm³/mol. The van der Waals surface area contributed by atoms with Gasteiger partial charge in [-0.1, -0.05) is 19.6 Å². The quantitative estimate of drug-likeness (QED) is 0.310. The van der Waals surface area contributed by atoms with E-state index in [1.807, 2.05) is 54.4 Å². The lowest BCUT2D eigenvalue weighted by atomic mass is 10.0. The van der Waals surface area contributed by atoms with Gasteiger partial charge in [0.25, 0.3) is 11.1 Å². The van der Waals surface area contributed by atoms with Crippen LogP contribution in [0.15, 0.2) is 65.8 Å². The van der Waals surface area contributed by atoms with Crippen molar-refractivity contribution in [1.29, 1.82) is 0 Å². The number of rotatable bonds is 8. The fourth-order valence-corrected chi connectivity index (χ4v) is 5.54. The fourth-order valence-electron chi connectivity index (χ4n) is 4.85. The number of aliphatic hydroxyl groups is 1. The van der Waals surface area contributed by atoms with Crippen molar-refractivity contribution in [2.24, 2.45) is 0 Å². The molecule has 1 aromatic carbocycles. The Balaban J connectivity index is 1.25. The van der Waals surface area contributed by atoms with Gasteiger partial charge in [-0.05, 0) is 77.7 Å². The lowest BCUT2D eigenvalue weighted by Gasteiger charge is -2.35. The summed E-state index contributed by atoms with van der Waals surface area (Å²) in [5.74, 6) is 0.524. The number of aliphatic hydroxyl groups excluding tert-OH is 1. The molecule has 3 aromatic rings. The number of piperazine rings is 1. The predicted octanol–water partition coefficient (Wildman–Crippen LogP) is 4.38. The highest BCUT2D eigenvalue weighted by molar-refractivity contribution is 8.18. The van der Waals surface area contributed by atoms with Crippen molar-refractivity contribution in [3.05, 3.63) is 71.4 Å². The molecule has 10 heteroatoms. The Morgan fingerprint density at radius 3 is 2.62 bits per heavy atom. The standard InChI is InChI=1S/C30H31N5O4S/c1-3-19(2)25(36)7-9-28(37)35-14-12-34(13-15-35)27-8-5-21(18-32-27)22-10-11-31-24-6-4-20(16-23(22)24)17-26-29(38)33-30(39)40-26/h4-6,8,10-11,16-18,25,36H,2-3,7,9,12-15H2,1H3,(H,33,38,39). The van der Waals surface area contributed by atoms with E-state index in [1.54, 1.807) is 12.3 Å². The summed E-state index contributed by atoms with van der Waals surface area (Å²) in [5.41, 5.74) is 4.28. The van der Waals surface area contributed by atoms with E-state index in [1.165, 1.54) is 0 Å². The molecule has 2 fully saturated rings. The molecule has 40 heavy (non-hydrogen) atoms. The SMILES string of the molecule is C=C(CC)C(O)CCC(=O)N1CCN(c2ccc(-c3ccnc4ccc(C=C5SC(=O)NC5=O)cc34)cn2)CC1. The highest BCUT2D eigenvalue weighted by atomic mass is 32.2. The minimum Gasteiger partial charge on any atom is -0.389 e. The zero-order valence-electron chi connectivity index (χ0n) is 22.3. The van der Waals surface area contributed by atoms with Gasteiger partial charge < -0.3 is 14.9 Å². The molecule has 2 aliphatic rings. The fraction of sp³-hybridized carbons (Fsp3) is 0.300. The molecule has 0 bridgehead atoms. The van der Waals surface area contributed by atoms with Crippen LogP contribution in [0.2, 0.25) is 0 Å². The molecule has 0 spiro atoms. The van der Waals surface area contributed by atoms with Crippen LogP contribution >= 0.6 is 11.8 Å². The van der Waals surface area contributed by atoms with Gasteiger partial charge in [0.05, 0.1) is 16.5 Å². The van der Waals surface area contributed by atoms with Crippen molar-refractivity contribution in [2.45, 2.75) is 32.3 Å². The van der Waals surface area contributed by atoms with Gasteiger partial charge in [-0.3, -0.25) is 24.7 Å². The first-order valence-corrected chi connectivity index (χ1v) is 14.1. The number of anilines is 1. The molecule has 4 heterocycles. The lowest BCUT2D eigenvalue weighted by Crippen LogP contribution is -2.49. The number of pyridine rings is 2. The van der Waals surface area contributed by atoms with E-state index in [4.69, 9.17) is 4.98 Å². The van der Waals surface area contributed by atoms with Crippen molar-refractivity contribution in [2.75, 3.05) is 31.1 Å². The maximum absolute atomic E-state index is 12.6. The molecule has 0 aliphatic carbocycles.